The van der Waals surface area contributed by atoms with Crippen molar-refractivity contribution in [2.45, 2.75) is 59.7 Å². The molecule has 0 radical (unpaired) electrons. The molecule has 32 heavy (non-hydrogen) atoms. The van der Waals surface area contributed by atoms with Gasteiger partial charge in [0.1, 0.15) is 24.0 Å². The highest BCUT2D eigenvalue weighted by atomic mass is 16.5. The van der Waals surface area contributed by atoms with Crippen molar-refractivity contribution >= 4 is 16.9 Å². The fraction of sp³-hybridized carbons (Fsp3) is 0.385. The van der Waals surface area contributed by atoms with Crippen molar-refractivity contribution in [3.05, 3.63) is 75.7 Å². The highest BCUT2D eigenvalue weighted by molar-refractivity contribution is 5.77. The zero-order chi connectivity index (χ0) is 23.7. The molecule has 0 saturated carbocycles. The molecule has 0 amide bonds. The van der Waals surface area contributed by atoms with Crippen LogP contribution in [0.25, 0.3) is 11.0 Å². The topological polar surface area (TPSA) is 86.0 Å². The van der Waals surface area contributed by atoms with Gasteiger partial charge >= 0.3 is 11.6 Å². The Bertz CT molecular complexity index is 1070. The third kappa shape index (κ3) is 8.55. The van der Waals surface area contributed by atoms with Crippen LogP contribution in [0.4, 0.5) is 0 Å². The summed E-state index contributed by atoms with van der Waals surface area (Å²) in [6.45, 7) is 9.42. The van der Waals surface area contributed by atoms with E-state index in [1.54, 1.807) is 18.2 Å². The molecule has 1 N–H and O–H groups in total. The fourth-order valence-electron chi connectivity index (χ4n) is 3.10. The molecule has 0 aliphatic rings. The number of carbonyl (C=O) groups is 1. The standard InChI is InChI=1S/C26H32O6/c1-17(2)6-10-24(28)19(4)15-23(31-20(5)27)14-18(3)12-13-30-22-9-7-21-8-11-26(29)32-25(21)16-22/h6-9,11-12,15-16,23-24,28H,10,13-14H2,1-5H3/b18-12+,19-15+/t23-,24-/m1/s1. The number of hydrogen-bond donors (Lipinski definition) is 1. The highest BCUT2D eigenvalue weighted by Gasteiger charge is 2.13. The van der Waals surface area contributed by atoms with Gasteiger partial charge in [0.15, 0.2) is 0 Å². The van der Waals surface area contributed by atoms with Crippen LogP contribution in [0.5, 0.6) is 5.75 Å². The van der Waals surface area contributed by atoms with Gasteiger partial charge < -0.3 is 19.0 Å². The Morgan fingerprint density at radius 2 is 1.81 bits per heavy atom. The van der Waals surface area contributed by atoms with Crippen LogP contribution >= 0.6 is 0 Å². The molecule has 1 heterocycles. The van der Waals surface area contributed by atoms with Gasteiger partial charge in [-0.2, -0.15) is 0 Å². The molecule has 2 aromatic rings. The first-order valence-electron chi connectivity index (χ1n) is 10.6. The number of aliphatic hydroxyl groups is 1. The van der Waals surface area contributed by atoms with E-state index in [1.807, 2.05) is 52.0 Å². The first-order chi connectivity index (χ1) is 15.1. The summed E-state index contributed by atoms with van der Waals surface area (Å²) >= 11 is 0. The van der Waals surface area contributed by atoms with Gasteiger partial charge in [-0.15, -0.1) is 0 Å². The second-order valence-corrected chi connectivity index (χ2v) is 8.11. The van der Waals surface area contributed by atoms with Crippen molar-refractivity contribution in [1.29, 1.82) is 0 Å². The Morgan fingerprint density at radius 1 is 1.09 bits per heavy atom. The van der Waals surface area contributed by atoms with Gasteiger partial charge in [0, 0.05) is 30.9 Å². The van der Waals surface area contributed by atoms with Crippen LogP contribution in [0, 0.1) is 0 Å². The smallest absolute Gasteiger partial charge is 0.336 e. The molecule has 0 aliphatic carbocycles. The quantitative estimate of drug-likeness (QED) is 0.314. The number of fused-ring (bicyclic) bond motifs is 1. The largest absolute Gasteiger partial charge is 0.489 e. The number of benzene rings is 1. The molecule has 6 heteroatoms. The summed E-state index contributed by atoms with van der Waals surface area (Å²) in [5.41, 5.74) is 2.94. The van der Waals surface area contributed by atoms with E-state index in [-0.39, 0.29) is 5.97 Å². The minimum absolute atomic E-state index is 0.313. The minimum Gasteiger partial charge on any atom is -0.489 e. The molecule has 1 aromatic heterocycles. The van der Waals surface area contributed by atoms with E-state index < -0.39 is 17.8 Å². The van der Waals surface area contributed by atoms with Crippen molar-refractivity contribution in [1.82, 2.24) is 0 Å². The molecule has 172 valence electrons. The SMILES string of the molecule is CC(=O)O[C@@H](/C=C(\C)[C@H](O)CC=C(C)C)C/C(C)=C/COc1ccc2ccc(=O)oc2c1. The highest BCUT2D eigenvalue weighted by Crippen LogP contribution is 2.20. The molecule has 0 unspecified atom stereocenters. The number of rotatable bonds is 10. The lowest BCUT2D eigenvalue weighted by molar-refractivity contribution is -0.144. The van der Waals surface area contributed by atoms with Gasteiger partial charge in [-0.25, -0.2) is 4.79 Å². The Morgan fingerprint density at radius 3 is 2.50 bits per heavy atom. The second-order valence-electron chi connectivity index (χ2n) is 8.11. The van der Waals surface area contributed by atoms with Crippen LogP contribution in [-0.2, 0) is 9.53 Å². The van der Waals surface area contributed by atoms with E-state index in [9.17, 15) is 14.7 Å². The van der Waals surface area contributed by atoms with Gasteiger partial charge in [-0.1, -0.05) is 17.2 Å². The first-order valence-corrected chi connectivity index (χ1v) is 10.6. The minimum atomic E-state index is -0.622. The average molecular weight is 441 g/mol. The normalized spacial score (nSPS) is 14.1. The molecular weight excluding hydrogens is 408 g/mol. The van der Waals surface area contributed by atoms with Crippen LogP contribution in [0.2, 0.25) is 0 Å². The number of hydrogen-bond acceptors (Lipinski definition) is 6. The maximum Gasteiger partial charge on any atom is 0.336 e. The molecule has 0 spiro atoms. The number of ether oxygens (including phenoxy) is 2. The van der Waals surface area contributed by atoms with Crippen molar-refractivity contribution < 1.29 is 23.8 Å². The summed E-state index contributed by atoms with van der Waals surface area (Å²) in [7, 11) is 0. The fourth-order valence-corrected chi connectivity index (χ4v) is 3.10. The molecule has 2 rings (SSSR count). The summed E-state index contributed by atoms with van der Waals surface area (Å²) < 4.78 is 16.4. The number of aliphatic hydroxyl groups excluding tert-OH is 1. The van der Waals surface area contributed by atoms with Crippen LogP contribution in [0.15, 0.2) is 74.5 Å². The zero-order valence-corrected chi connectivity index (χ0v) is 19.4. The van der Waals surface area contributed by atoms with Crippen molar-refractivity contribution in [2.24, 2.45) is 0 Å². The van der Waals surface area contributed by atoms with Crippen molar-refractivity contribution in [3.8, 4) is 5.75 Å². The maximum absolute atomic E-state index is 11.5. The molecule has 0 bridgehead atoms. The third-order valence-corrected chi connectivity index (χ3v) is 4.84. The molecule has 2 atom stereocenters. The maximum atomic E-state index is 11.5. The first kappa shape index (κ1) is 25.1. The van der Waals surface area contributed by atoms with E-state index in [2.05, 4.69) is 0 Å². The van der Waals surface area contributed by atoms with Gasteiger partial charge in [-0.05, 0) is 70.0 Å². The van der Waals surface area contributed by atoms with E-state index in [1.165, 1.54) is 13.0 Å². The second kappa shape index (κ2) is 12.1. The van der Waals surface area contributed by atoms with E-state index in [4.69, 9.17) is 13.9 Å². The van der Waals surface area contributed by atoms with Gasteiger partial charge in [0.25, 0.3) is 0 Å². The number of esters is 1. The molecule has 0 aliphatic heterocycles. The lowest BCUT2D eigenvalue weighted by Gasteiger charge is -2.17. The summed E-state index contributed by atoms with van der Waals surface area (Å²) in [5, 5.41) is 11.1. The van der Waals surface area contributed by atoms with Gasteiger partial charge in [0.05, 0.1) is 6.10 Å². The van der Waals surface area contributed by atoms with E-state index in [0.717, 1.165) is 22.1 Å². The number of carbonyl (C=O) groups excluding carboxylic acids is 1. The Kier molecular flexibility index (Phi) is 9.47. The van der Waals surface area contributed by atoms with Gasteiger partial charge in [-0.3, -0.25) is 4.79 Å². The van der Waals surface area contributed by atoms with Crippen molar-refractivity contribution in [2.75, 3.05) is 6.61 Å². The third-order valence-electron chi connectivity index (χ3n) is 4.84. The van der Waals surface area contributed by atoms with Crippen LogP contribution in [0.1, 0.15) is 47.5 Å². The van der Waals surface area contributed by atoms with Crippen molar-refractivity contribution in [3.63, 3.8) is 0 Å². The van der Waals surface area contributed by atoms with Crippen LogP contribution in [0.3, 0.4) is 0 Å². The van der Waals surface area contributed by atoms with E-state index >= 15 is 0 Å². The Hall–Kier alpha value is -3.12. The molecular formula is C26H32O6. The van der Waals surface area contributed by atoms with Crippen LogP contribution in [-0.4, -0.2) is 29.9 Å². The summed E-state index contributed by atoms with van der Waals surface area (Å²) in [5.74, 6) is 0.213. The Labute approximate surface area is 188 Å². The predicted octanol–water partition coefficient (Wildman–Crippen LogP) is 5.10. The molecule has 6 nitrogen and oxygen atoms in total. The molecule has 0 saturated heterocycles. The van der Waals surface area contributed by atoms with E-state index in [0.29, 0.717) is 30.8 Å². The number of allylic oxidation sites excluding steroid dienone is 1. The lowest BCUT2D eigenvalue weighted by atomic mass is 10.0. The van der Waals surface area contributed by atoms with Gasteiger partial charge in [0.2, 0.25) is 0 Å². The average Bonchev–Trinajstić information content (AvgIpc) is 2.71. The Balaban J connectivity index is 2.01. The molecule has 1 aromatic carbocycles. The zero-order valence-electron chi connectivity index (χ0n) is 19.4. The molecule has 0 fully saturated rings. The lowest BCUT2D eigenvalue weighted by Crippen LogP contribution is -2.17. The summed E-state index contributed by atoms with van der Waals surface area (Å²) in [6, 6.07) is 8.41. The monoisotopic (exact) mass is 440 g/mol. The summed E-state index contributed by atoms with van der Waals surface area (Å²) in [6.07, 6.45) is 5.60. The summed E-state index contributed by atoms with van der Waals surface area (Å²) in [4.78, 5) is 22.9. The van der Waals surface area contributed by atoms with Crippen LogP contribution < -0.4 is 10.4 Å². The predicted molar refractivity (Wildman–Crippen MR) is 126 cm³/mol.